The van der Waals surface area contributed by atoms with Crippen molar-refractivity contribution in [2.75, 3.05) is 0 Å². The highest BCUT2D eigenvalue weighted by Crippen LogP contribution is 2.43. The normalized spacial score (nSPS) is 17.1. The number of hydrogen-bond donors (Lipinski definition) is 0. The summed E-state index contributed by atoms with van der Waals surface area (Å²) in [6, 6.07) is 5.76. The summed E-state index contributed by atoms with van der Waals surface area (Å²) in [7, 11) is 0. The molecule has 0 aromatic heterocycles. The molecule has 0 amide bonds. The molecule has 6 heteroatoms. The van der Waals surface area contributed by atoms with Crippen LogP contribution < -0.4 is 4.74 Å². The fourth-order valence-corrected chi connectivity index (χ4v) is 2.42. The predicted octanol–water partition coefficient (Wildman–Crippen LogP) is 3.23. The number of benzene rings is 1. The lowest BCUT2D eigenvalue weighted by atomic mass is 9.63. The predicted molar refractivity (Wildman–Crippen MR) is 74.8 cm³/mol. The molecule has 1 aromatic rings. The standard InChI is InChI=1S/C16H18F2O4/c1-15(2,3)22-13(20)16(8-11(19)9-16)10-4-6-12(7-5-10)21-14(17)18/h4-7,14H,8-9H2,1-3H3. The molecule has 1 saturated carbocycles. The van der Waals surface area contributed by atoms with Crippen LogP contribution in [-0.4, -0.2) is 24.0 Å². The molecule has 0 aliphatic heterocycles. The number of carbonyl (C=O) groups excluding carboxylic acids is 2. The molecule has 4 nitrogen and oxygen atoms in total. The van der Waals surface area contributed by atoms with Gasteiger partial charge in [0.2, 0.25) is 0 Å². The highest BCUT2D eigenvalue weighted by molar-refractivity contribution is 6.02. The Morgan fingerprint density at radius 1 is 1.18 bits per heavy atom. The summed E-state index contributed by atoms with van der Waals surface area (Å²) in [5.41, 5.74) is -1.11. The minimum atomic E-state index is -2.91. The molecule has 1 aromatic carbocycles. The van der Waals surface area contributed by atoms with E-state index in [1.165, 1.54) is 24.3 Å². The SMILES string of the molecule is CC(C)(C)OC(=O)C1(c2ccc(OC(F)F)cc2)CC(=O)C1. The maximum atomic E-state index is 12.4. The molecule has 0 unspecified atom stereocenters. The lowest BCUT2D eigenvalue weighted by molar-refractivity contribution is -0.169. The Morgan fingerprint density at radius 3 is 2.14 bits per heavy atom. The minimum absolute atomic E-state index is 0.00346. The van der Waals surface area contributed by atoms with Crippen LogP contribution in [0.5, 0.6) is 5.75 Å². The average Bonchev–Trinajstić information content (AvgIpc) is 2.33. The molecule has 1 fully saturated rings. The smallest absolute Gasteiger partial charge is 0.387 e. The number of rotatable bonds is 4. The van der Waals surface area contributed by atoms with Gasteiger partial charge in [0, 0.05) is 12.8 Å². The fourth-order valence-electron chi connectivity index (χ4n) is 2.42. The van der Waals surface area contributed by atoms with Crippen molar-refractivity contribution >= 4 is 11.8 Å². The Bertz CT molecular complexity index is 565. The first-order valence-corrected chi connectivity index (χ1v) is 6.93. The van der Waals surface area contributed by atoms with Gasteiger partial charge < -0.3 is 9.47 Å². The number of ketones is 1. The quantitative estimate of drug-likeness (QED) is 0.801. The molecule has 0 radical (unpaired) electrons. The number of ether oxygens (including phenoxy) is 2. The minimum Gasteiger partial charge on any atom is -0.459 e. The van der Waals surface area contributed by atoms with E-state index in [9.17, 15) is 18.4 Å². The summed E-state index contributed by atoms with van der Waals surface area (Å²) in [6.45, 7) is 2.34. The van der Waals surface area contributed by atoms with Crippen LogP contribution in [0.2, 0.25) is 0 Å². The van der Waals surface area contributed by atoms with E-state index in [2.05, 4.69) is 4.74 Å². The number of esters is 1. The first kappa shape index (κ1) is 16.4. The third-order valence-electron chi connectivity index (χ3n) is 3.42. The summed E-state index contributed by atoms with van der Waals surface area (Å²) in [5.74, 6) is -0.496. The summed E-state index contributed by atoms with van der Waals surface area (Å²) in [4.78, 5) is 23.9. The van der Waals surface area contributed by atoms with E-state index in [1.807, 2.05) is 0 Å². The van der Waals surface area contributed by atoms with Gasteiger partial charge in [-0.3, -0.25) is 9.59 Å². The monoisotopic (exact) mass is 312 g/mol. The molecule has 0 saturated heterocycles. The number of alkyl halides is 2. The number of carbonyl (C=O) groups is 2. The molecular weight excluding hydrogens is 294 g/mol. The van der Waals surface area contributed by atoms with Crippen molar-refractivity contribution in [1.29, 1.82) is 0 Å². The average molecular weight is 312 g/mol. The van der Waals surface area contributed by atoms with Gasteiger partial charge in [0.15, 0.2) is 0 Å². The van der Waals surface area contributed by atoms with Crippen molar-refractivity contribution in [2.24, 2.45) is 0 Å². The van der Waals surface area contributed by atoms with E-state index >= 15 is 0 Å². The van der Waals surface area contributed by atoms with Crippen LogP contribution in [0.25, 0.3) is 0 Å². The van der Waals surface area contributed by atoms with E-state index in [1.54, 1.807) is 20.8 Å². The van der Waals surface area contributed by atoms with Crippen LogP contribution >= 0.6 is 0 Å². The number of halogens is 2. The molecule has 1 aliphatic rings. The van der Waals surface area contributed by atoms with Crippen LogP contribution in [-0.2, 0) is 19.7 Å². The maximum absolute atomic E-state index is 12.4. The zero-order valence-corrected chi connectivity index (χ0v) is 12.7. The molecule has 22 heavy (non-hydrogen) atoms. The first-order chi connectivity index (χ1) is 10.1. The molecule has 0 spiro atoms. The molecule has 0 bridgehead atoms. The second-order valence-electron chi connectivity index (χ2n) is 6.38. The molecule has 2 rings (SSSR count). The van der Waals surface area contributed by atoms with Gasteiger partial charge in [-0.2, -0.15) is 8.78 Å². The molecule has 0 N–H and O–H groups in total. The number of hydrogen-bond acceptors (Lipinski definition) is 4. The van der Waals surface area contributed by atoms with Crippen LogP contribution in [0.4, 0.5) is 8.78 Å². The summed E-state index contributed by atoms with van der Waals surface area (Å²) in [6.07, 6.45) is 0.133. The van der Waals surface area contributed by atoms with Gasteiger partial charge in [-0.05, 0) is 38.5 Å². The molecule has 120 valence electrons. The maximum Gasteiger partial charge on any atom is 0.387 e. The van der Waals surface area contributed by atoms with Gasteiger partial charge in [-0.1, -0.05) is 12.1 Å². The van der Waals surface area contributed by atoms with Gasteiger partial charge >= 0.3 is 12.6 Å². The largest absolute Gasteiger partial charge is 0.459 e. The van der Waals surface area contributed by atoms with Crippen molar-refractivity contribution in [1.82, 2.24) is 0 Å². The van der Waals surface area contributed by atoms with Crippen molar-refractivity contribution in [3.63, 3.8) is 0 Å². The highest BCUT2D eigenvalue weighted by Gasteiger charge is 2.53. The van der Waals surface area contributed by atoms with E-state index in [4.69, 9.17) is 4.74 Å². The fraction of sp³-hybridized carbons (Fsp3) is 0.500. The van der Waals surface area contributed by atoms with Gasteiger partial charge in [0.05, 0.1) is 0 Å². The Kier molecular flexibility index (Phi) is 4.22. The molecule has 0 atom stereocenters. The van der Waals surface area contributed by atoms with Crippen LogP contribution in [0, 0.1) is 0 Å². The Balaban J connectivity index is 2.24. The van der Waals surface area contributed by atoms with Crippen molar-refractivity contribution in [3.8, 4) is 5.75 Å². The Morgan fingerprint density at radius 2 is 1.73 bits per heavy atom. The summed E-state index contributed by atoms with van der Waals surface area (Å²) in [5, 5.41) is 0. The highest BCUT2D eigenvalue weighted by atomic mass is 19.3. The van der Waals surface area contributed by atoms with Crippen LogP contribution in [0.3, 0.4) is 0 Å². The molecule has 0 heterocycles. The lowest BCUT2D eigenvalue weighted by Gasteiger charge is -2.40. The van der Waals surface area contributed by atoms with Gasteiger partial charge in [-0.15, -0.1) is 0 Å². The third-order valence-corrected chi connectivity index (χ3v) is 3.42. The van der Waals surface area contributed by atoms with Crippen molar-refractivity contribution in [3.05, 3.63) is 29.8 Å². The Hall–Kier alpha value is -1.98. The van der Waals surface area contributed by atoms with Gasteiger partial charge in [0.25, 0.3) is 0 Å². The second kappa shape index (κ2) is 5.66. The zero-order chi connectivity index (χ0) is 16.5. The van der Waals surface area contributed by atoms with Crippen molar-refractivity contribution in [2.45, 2.75) is 51.2 Å². The van der Waals surface area contributed by atoms with Crippen molar-refractivity contribution < 1.29 is 27.8 Å². The second-order valence-corrected chi connectivity index (χ2v) is 6.38. The molecular formula is C16H18F2O4. The van der Waals surface area contributed by atoms with Crippen LogP contribution in [0.1, 0.15) is 39.2 Å². The third kappa shape index (κ3) is 3.43. The summed E-state index contributed by atoms with van der Waals surface area (Å²) < 4.78 is 34.0. The van der Waals surface area contributed by atoms with E-state index in [-0.39, 0.29) is 24.4 Å². The molecule has 1 aliphatic carbocycles. The van der Waals surface area contributed by atoms with Gasteiger partial charge in [0.1, 0.15) is 22.5 Å². The van der Waals surface area contributed by atoms with E-state index in [0.29, 0.717) is 5.56 Å². The lowest BCUT2D eigenvalue weighted by Crippen LogP contribution is -2.51. The van der Waals surface area contributed by atoms with Gasteiger partial charge in [-0.25, -0.2) is 0 Å². The first-order valence-electron chi connectivity index (χ1n) is 6.93. The van der Waals surface area contributed by atoms with Crippen LogP contribution in [0.15, 0.2) is 24.3 Å². The van der Waals surface area contributed by atoms with E-state index in [0.717, 1.165) is 0 Å². The summed E-state index contributed by atoms with van der Waals surface area (Å²) >= 11 is 0. The topological polar surface area (TPSA) is 52.6 Å². The number of Topliss-reactive ketones (excluding diaryl/α,β-unsaturated/α-hetero) is 1. The Labute approximate surface area is 127 Å². The van der Waals surface area contributed by atoms with E-state index < -0.39 is 23.6 Å². The zero-order valence-electron chi connectivity index (χ0n) is 12.7.